The van der Waals surface area contributed by atoms with Crippen LogP contribution >= 0.6 is 0 Å². The summed E-state index contributed by atoms with van der Waals surface area (Å²) in [6.45, 7) is -2.59. The summed E-state index contributed by atoms with van der Waals surface area (Å²) in [6.07, 6.45) is -18.2. The molecule has 2 heterocycles. The third-order valence-corrected chi connectivity index (χ3v) is 18.5. The van der Waals surface area contributed by atoms with Crippen LogP contribution in [0.25, 0.3) is 0 Å². The van der Waals surface area contributed by atoms with Crippen molar-refractivity contribution in [2.24, 2.45) is 0 Å². The van der Waals surface area contributed by atoms with Gasteiger partial charge in [-0.15, -0.1) is 0 Å². The normalized spacial score (nSPS) is 31.1. The van der Waals surface area contributed by atoms with Crippen molar-refractivity contribution in [1.82, 2.24) is 0 Å². The van der Waals surface area contributed by atoms with Gasteiger partial charge in [0, 0.05) is 0 Å². The summed E-state index contributed by atoms with van der Waals surface area (Å²) in [6, 6.07) is 0. The molecule has 0 aromatic carbocycles. The van der Waals surface area contributed by atoms with Crippen LogP contribution in [0, 0.1) is 0 Å². The van der Waals surface area contributed by atoms with Crippen LogP contribution < -0.4 is 104 Å². The molecule has 2 rings (SSSR count). The fourth-order valence-electron chi connectivity index (χ4n) is 2.58. The molecule has 26 nitrogen and oxygen atoms in total. The Kier molecular flexibility index (Phi) is 55.6. The number of rotatable bonds is 8. The Bertz CT molecular complexity index is 732. The van der Waals surface area contributed by atoms with Crippen LogP contribution in [-0.4, -0.2) is 189 Å². The van der Waals surface area contributed by atoms with Gasteiger partial charge in [0.2, 0.25) is 0 Å². The number of carboxylic acids is 2. The zero-order valence-corrected chi connectivity index (χ0v) is 33.7. The second-order valence-electron chi connectivity index (χ2n) is 6.26. The van der Waals surface area contributed by atoms with Crippen LogP contribution in [0.2, 0.25) is 0 Å². The Labute approximate surface area is 318 Å². The monoisotopic (exact) mass is 906 g/mol. The van der Waals surface area contributed by atoms with Crippen LogP contribution in [0.5, 0.6) is 0 Å². The van der Waals surface area contributed by atoms with Gasteiger partial charge in [-0.3, -0.25) is 0 Å². The first-order valence-electron chi connectivity index (χ1n) is 8.25. The second-order valence-corrected chi connectivity index (χ2v) is 17.4. The molecule has 0 aromatic rings. The number of hydrogen-bond donors (Lipinski definition) is 5. The van der Waals surface area contributed by atoms with E-state index in [4.69, 9.17) is 13.2 Å². The van der Waals surface area contributed by atoms with Gasteiger partial charge in [0.1, 0.15) is 0 Å². The maximum absolute atomic E-state index is 12.9. The molecule has 0 bridgehead atoms. The topological polar surface area (TPSA) is 568 Å². The zero-order valence-electron chi connectivity index (χ0n) is 22.6. The van der Waals surface area contributed by atoms with E-state index in [0.29, 0.717) is 0 Å². The molecule has 2 aliphatic rings. The SMILES string of the molecule is O.O.O.O.O.O.O.O.O.O=C([O-])[C@@H]1[O][Sb](=[O])([O][Sb]2(=[O])[O][C@H]([C@H](O)CO)[C@H](O)[C@H](C(=O)O)[O]2)[O][C@H]([C@H]([O-])C[O-])[C@@H]1O.[Na+].[Na+].[Na+]. The fraction of sp³-hybridized carbons (Fsp3) is 0.833. The van der Waals surface area contributed by atoms with Crippen molar-refractivity contribution >= 4 is 52.0 Å². The van der Waals surface area contributed by atoms with Crippen molar-refractivity contribution in [3.05, 3.63) is 0 Å². The fourth-order valence-corrected chi connectivity index (χ4v) is 17.6. The smallest absolute Gasteiger partial charge is 1.00 e. The molecule has 23 N–H and O–H groups in total. The van der Waals surface area contributed by atoms with E-state index in [1.807, 2.05) is 0 Å². The van der Waals surface area contributed by atoms with Gasteiger partial charge in [0.25, 0.3) is 0 Å². The van der Waals surface area contributed by atoms with Gasteiger partial charge < -0.3 is 49.3 Å². The minimum Gasteiger partial charge on any atom is 1.00 e. The van der Waals surface area contributed by atoms with Crippen molar-refractivity contribution in [3.63, 3.8) is 0 Å². The van der Waals surface area contributed by atoms with E-state index < -0.39 is 114 Å². The van der Waals surface area contributed by atoms with E-state index in [0.717, 1.165) is 0 Å². The minimum atomic E-state index is -6.62. The summed E-state index contributed by atoms with van der Waals surface area (Å²) in [5.74, 6) is -4.14. The molecule has 0 spiro atoms. The van der Waals surface area contributed by atoms with Gasteiger partial charge in [0.15, 0.2) is 0 Å². The summed E-state index contributed by atoms with van der Waals surface area (Å²) in [7, 11) is 0. The van der Waals surface area contributed by atoms with Gasteiger partial charge in [-0.25, -0.2) is 0 Å². The molecular weight excluding hydrogens is 873 g/mol. The molecule has 0 amide bonds. The Hall–Kier alpha value is 2.38. The second kappa shape index (κ2) is 31.6. The average Bonchev–Trinajstić information content (AvgIpc) is 2.69. The summed E-state index contributed by atoms with van der Waals surface area (Å²) in [5.41, 5.74) is 0. The summed E-state index contributed by atoms with van der Waals surface area (Å²) >= 11 is -13.2. The first-order chi connectivity index (χ1) is 14.3. The minimum absolute atomic E-state index is 0. The van der Waals surface area contributed by atoms with Gasteiger partial charge in [-0.05, 0) is 0 Å². The predicted molar refractivity (Wildman–Crippen MR) is 112 cm³/mol. The third kappa shape index (κ3) is 19.2. The van der Waals surface area contributed by atoms with E-state index in [-0.39, 0.29) is 138 Å². The molecule has 31 heteroatoms. The Morgan fingerprint density at radius 2 is 1.12 bits per heavy atom. The average molecular weight is 908 g/mol. The Balaban J connectivity index is -0.0000000948. The number of carbonyl (C=O) groups is 2. The molecule has 10 atom stereocenters. The molecule has 0 aromatic heterocycles. The first kappa shape index (κ1) is 75.6. The van der Waals surface area contributed by atoms with Crippen LogP contribution in [-0.2, 0) is 29.0 Å². The van der Waals surface area contributed by atoms with Gasteiger partial charge in [0.05, 0.1) is 0 Å². The van der Waals surface area contributed by atoms with Crippen molar-refractivity contribution in [1.29, 1.82) is 0 Å². The van der Waals surface area contributed by atoms with Gasteiger partial charge in [-0.2, -0.15) is 0 Å². The van der Waals surface area contributed by atoms with Crippen LogP contribution in [0.15, 0.2) is 0 Å². The predicted octanol–water partition coefficient (Wildman–Crippen LogP) is -25.1. The van der Waals surface area contributed by atoms with Crippen LogP contribution in [0.4, 0.5) is 0 Å². The third-order valence-electron chi connectivity index (χ3n) is 4.05. The maximum Gasteiger partial charge on any atom is 1.00 e. The Morgan fingerprint density at radius 1 is 0.767 bits per heavy atom. The van der Waals surface area contributed by atoms with Crippen LogP contribution in [0.3, 0.4) is 0 Å². The molecule has 0 radical (unpaired) electrons. The van der Waals surface area contributed by atoms with Crippen LogP contribution in [0.1, 0.15) is 0 Å². The molecule has 2 saturated heterocycles. The van der Waals surface area contributed by atoms with Gasteiger partial charge in [-0.1, -0.05) is 0 Å². The first-order valence-corrected chi connectivity index (χ1v) is 16.6. The molecule has 2 aliphatic heterocycles. The van der Waals surface area contributed by atoms with E-state index in [1.165, 1.54) is 0 Å². The van der Waals surface area contributed by atoms with E-state index >= 15 is 0 Å². The number of hydrogen-bond acceptors (Lipinski definition) is 16. The van der Waals surface area contributed by atoms with E-state index in [1.54, 1.807) is 0 Å². The van der Waals surface area contributed by atoms with Crippen molar-refractivity contribution < 1.29 is 208 Å². The zero-order chi connectivity index (χ0) is 23.7. The van der Waals surface area contributed by atoms with E-state index in [2.05, 4.69) is 10.3 Å². The molecule has 2 fully saturated rings. The number of aliphatic hydroxyl groups excluding tert-OH is 4. The maximum atomic E-state index is 12.9. The quantitative estimate of drug-likeness (QED) is 0.141. The Morgan fingerprint density at radius 3 is 1.44 bits per heavy atom. The molecule has 0 saturated carbocycles. The largest absolute Gasteiger partial charge is 1.00 e. The number of carbonyl (C=O) groups excluding carboxylic acids is 1. The molecule has 2 unspecified atom stereocenters. The molecule has 252 valence electrons. The summed E-state index contributed by atoms with van der Waals surface area (Å²) < 4.78 is 48.8. The van der Waals surface area contributed by atoms with Crippen molar-refractivity contribution in [2.45, 2.75) is 48.8 Å². The summed E-state index contributed by atoms with van der Waals surface area (Å²) in [5, 5.41) is 81.3. The van der Waals surface area contributed by atoms with Crippen molar-refractivity contribution in [3.8, 4) is 0 Å². The number of aliphatic carboxylic acids is 2. The standard InChI is InChI=1S/C6H10O7.C6H8O7.3Na.9H2O.3O.2Sb/c2*7-1-2(8)3(9)4(10)5(11)6(12)13;;;;;;;;;;;;;;;;;/h2-5,7-8,10H,1H2,(H,12,13);2-5,10H,1H2,(H,12,13);;;;9*1H2;;;;;/q-2;-4;3*+1;;;;;;;;;;;;;2*+2/p-1/t2*2-,3-,4+,5-;;;;;;;;;;;;;;;;;/m11................./s1. The van der Waals surface area contributed by atoms with Crippen molar-refractivity contribution in [2.75, 3.05) is 13.2 Å². The molecule has 43 heavy (non-hydrogen) atoms. The molecular formula is C12H35Na3O26Sb2. The number of carboxylic acid groups (broad SMARTS) is 2. The molecule has 0 aliphatic carbocycles. The van der Waals surface area contributed by atoms with E-state index in [9.17, 15) is 46.3 Å². The van der Waals surface area contributed by atoms with Gasteiger partial charge >= 0.3 is 273 Å². The summed E-state index contributed by atoms with van der Waals surface area (Å²) in [4.78, 5) is 22.4. The number of aliphatic hydroxyl groups is 4.